The molecule has 0 aromatic carbocycles. The molecule has 0 aliphatic heterocycles. The first-order valence-corrected chi connectivity index (χ1v) is 8.24. The summed E-state index contributed by atoms with van der Waals surface area (Å²) >= 11 is 0. The topological polar surface area (TPSA) is 76.9 Å². The zero-order valence-electron chi connectivity index (χ0n) is 12.7. The van der Waals surface area contributed by atoms with Gasteiger partial charge in [-0.15, -0.1) is 0 Å². The summed E-state index contributed by atoms with van der Waals surface area (Å²) in [5.41, 5.74) is 1.98. The SMILES string of the molecule is Cc1ccnc(C)c1NS(=O)(=O)c1cn(CC(C)C)cn1. The van der Waals surface area contributed by atoms with Crippen molar-refractivity contribution in [2.45, 2.75) is 39.3 Å². The van der Waals surface area contributed by atoms with Crippen LogP contribution >= 0.6 is 0 Å². The van der Waals surface area contributed by atoms with Gasteiger partial charge >= 0.3 is 0 Å². The molecule has 0 radical (unpaired) electrons. The molecule has 0 saturated carbocycles. The molecule has 0 aliphatic rings. The van der Waals surface area contributed by atoms with Crippen molar-refractivity contribution in [3.8, 4) is 0 Å². The molecule has 0 fully saturated rings. The highest BCUT2D eigenvalue weighted by Gasteiger charge is 2.19. The van der Waals surface area contributed by atoms with Crippen molar-refractivity contribution in [3.63, 3.8) is 0 Å². The normalized spacial score (nSPS) is 11.9. The van der Waals surface area contributed by atoms with E-state index in [0.717, 1.165) is 12.1 Å². The number of hydrogen-bond donors (Lipinski definition) is 1. The zero-order chi connectivity index (χ0) is 15.6. The second-order valence-corrected chi connectivity index (χ2v) is 7.13. The monoisotopic (exact) mass is 308 g/mol. The summed E-state index contributed by atoms with van der Waals surface area (Å²) in [5.74, 6) is 0.422. The fraction of sp³-hybridized carbons (Fsp3) is 0.429. The van der Waals surface area contributed by atoms with Crippen LogP contribution in [0.2, 0.25) is 0 Å². The van der Waals surface area contributed by atoms with Gasteiger partial charge < -0.3 is 4.57 Å². The molecule has 2 heterocycles. The summed E-state index contributed by atoms with van der Waals surface area (Å²) in [4.78, 5) is 8.10. The Morgan fingerprint density at radius 2 is 2.00 bits per heavy atom. The minimum Gasteiger partial charge on any atom is -0.336 e. The third-order valence-electron chi connectivity index (χ3n) is 3.05. The number of imidazole rings is 1. The maximum atomic E-state index is 12.4. The predicted molar refractivity (Wildman–Crippen MR) is 81.6 cm³/mol. The molecule has 7 heteroatoms. The standard InChI is InChI=1S/C14H20N4O2S/c1-10(2)7-18-8-13(16-9-18)21(19,20)17-14-11(3)5-6-15-12(14)4/h5-6,8-10,17H,7H2,1-4H3. The number of sulfonamides is 1. The summed E-state index contributed by atoms with van der Waals surface area (Å²) < 4.78 is 29.1. The molecule has 21 heavy (non-hydrogen) atoms. The molecule has 0 unspecified atom stereocenters. The Morgan fingerprint density at radius 1 is 1.29 bits per heavy atom. The number of aromatic nitrogens is 3. The number of rotatable bonds is 5. The zero-order valence-corrected chi connectivity index (χ0v) is 13.5. The van der Waals surface area contributed by atoms with Crippen molar-refractivity contribution in [2.24, 2.45) is 5.92 Å². The van der Waals surface area contributed by atoms with Gasteiger partial charge in [-0.25, -0.2) is 4.98 Å². The second kappa shape index (κ2) is 5.85. The Morgan fingerprint density at radius 3 is 2.62 bits per heavy atom. The van der Waals surface area contributed by atoms with Crippen LogP contribution in [0.3, 0.4) is 0 Å². The van der Waals surface area contributed by atoms with Crippen LogP contribution in [-0.2, 0) is 16.6 Å². The number of pyridine rings is 1. The molecule has 2 aromatic rings. The summed E-state index contributed by atoms with van der Waals surface area (Å²) in [5, 5.41) is 0.0193. The molecule has 0 atom stereocenters. The number of nitrogens with zero attached hydrogens (tertiary/aromatic N) is 3. The van der Waals surface area contributed by atoms with Gasteiger partial charge in [0.1, 0.15) is 0 Å². The van der Waals surface area contributed by atoms with E-state index in [0.29, 0.717) is 17.3 Å². The highest BCUT2D eigenvalue weighted by molar-refractivity contribution is 7.92. The van der Waals surface area contributed by atoms with Crippen LogP contribution in [0.25, 0.3) is 0 Å². The Bertz CT molecular complexity index is 715. The highest BCUT2D eigenvalue weighted by atomic mass is 32.2. The predicted octanol–water partition coefficient (Wildman–Crippen LogP) is 2.35. The molecular formula is C14H20N4O2S. The summed E-state index contributed by atoms with van der Waals surface area (Å²) in [6.07, 6.45) is 4.74. The van der Waals surface area contributed by atoms with E-state index in [1.807, 2.05) is 6.92 Å². The Balaban J connectivity index is 2.28. The molecule has 0 bridgehead atoms. The van der Waals surface area contributed by atoms with Crippen molar-refractivity contribution < 1.29 is 8.42 Å². The lowest BCUT2D eigenvalue weighted by Gasteiger charge is -2.11. The lowest BCUT2D eigenvalue weighted by atomic mass is 10.2. The molecule has 0 spiro atoms. The van der Waals surface area contributed by atoms with Gasteiger partial charge in [0.15, 0.2) is 5.03 Å². The van der Waals surface area contributed by atoms with Gasteiger partial charge in [-0.05, 0) is 31.4 Å². The van der Waals surface area contributed by atoms with E-state index in [9.17, 15) is 8.42 Å². The Labute approximate surface area is 125 Å². The lowest BCUT2D eigenvalue weighted by molar-refractivity contribution is 0.522. The minimum atomic E-state index is -3.70. The van der Waals surface area contributed by atoms with Gasteiger partial charge in [0.25, 0.3) is 10.0 Å². The van der Waals surface area contributed by atoms with Gasteiger partial charge in [0.2, 0.25) is 0 Å². The van der Waals surface area contributed by atoms with E-state index < -0.39 is 10.0 Å². The Kier molecular flexibility index (Phi) is 4.32. The first-order valence-electron chi connectivity index (χ1n) is 6.76. The summed E-state index contributed by atoms with van der Waals surface area (Å²) in [7, 11) is -3.70. The molecule has 6 nitrogen and oxygen atoms in total. The molecule has 2 aromatic heterocycles. The largest absolute Gasteiger partial charge is 0.336 e. The van der Waals surface area contributed by atoms with Gasteiger partial charge in [0, 0.05) is 18.9 Å². The van der Waals surface area contributed by atoms with Crippen LogP contribution in [0, 0.1) is 19.8 Å². The van der Waals surface area contributed by atoms with E-state index in [1.165, 1.54) is 6.33 Å². The smallest absolute Gasteiger partial charge is 0.281 e. The first-order chi connectivity index (χ1) is 9.79. The fourth-order valence-corrected chi connectivity index (χ4v) is 3.18. The number of aryl methyl sites for hydroxylation is 2. The molecular weight excluding hydrogens is 288 g/mol. The van der Waals surface area contributed by atoms with Crippen molar-refractivity contribution in [3.05, 3.63) is 36.0 Å². The Hall–Kier alpha value is -1.89. The average Bonchev–Trinajstić information content (AvgIpc) is 2.82. The van der Waals surface area contributed by atoms with Crippen LogP contribution in [0.1, 0.15) is 25.1 Å². The quantitative estimate of drug-likeness (QED) is 0.920. The molecule has 114 valence electrons. The van der Waals surface area contributed by atoms with Crippen molar-refractivity contribution in [2.75, 3.05) is 4.72 Å². The summed E-state index contributed by atoms with van der Waals surface area (Å²) in [6.45, 7) is 8.46. The van der Waals surface area contributed by atoms with Crippen molar-refractivity contribution in [1.29, 1.82) is 0 Å². The van der Waals surface area contributed by atoms with Crippen LogP contribution in [0.4, 0.5) is 5.69 Å². The number of hydrogen-bond acceptors (Lipinski definition) is 4. The van der Waals surface area contributed by atoms with Crippen molar-refractivity contribution in [1.82, 2.24) is 14.5 Å². The number of nitrogens with one attached hydrogen (secondary N) is 1. The molecule has 2 rings (SSSR count). The first kappa shape index (κ1) is 15.5. The van der Waals surface area contributed by atoms with Crippen LogP contribution in [0.5, 0.6) is 0 Å². The molecule has 1 N–H and O–H groups in total. The third-order valence-corrected chi connectivity index (χ3v) is 4.28. The van der Waals surface area contributed by atoms with Gasteiger partial charge in [-0.1, -0.05) is 13.8 Å². The van der Waals surface area contributed by atoms with Crippen LogP contribution in [-0.4, -0.2) is 23.0 Å². The fourth-order valence-electron chi connectivity index (χ4n) is 2.03. The molecule has 0 saturated heterocycles. The average molecular weight is 308 g/mol. The van der Waals surface area contributed by atoms with Crippen molar-refractivity contribution >= 4 is 15.7 Å². The van der Waals surface area contributed by atoms with E-state index >= 15 is 0 Å². The third kappa shape index (κ3) is 3.60. The molecule has 0 amide bonds. The minimum absolute atomic E-state index is 0.0193. The maximum absolute atomic E-state index is 12.4. The van der Waals surface area contributed by atoms with Crippen LogP contribution < -0.4 is 4.72 Å². The maximum Gasteiger partial charge on any atom is 0.281 e. The van der Waals surface area contributed by atoms with Gasteiger partial charge in [-0.3, -0.25) is 9.71 Å². The second-order valence-electron chi connectivity index (χ2n) is 5.50. The van der Waals surface area contributed by atoms with Gasteiger partial charge in [0.05, 0.1) is 17.7 Å². The van der Waals surface area contributed by atoms with E-state index in [4.69, 9.17) is 0 Å². The van der Waals surface area contributed by atoms with E-state index in [1.54, 1.807) is 30.0 Å². The lowest BCUT2D eigenvalue weighted by Crippen LogP contribution is -2.15. The van der Waals surface area contributed by atoms with E-state index in [2.05, 4.69) is 28.5 Å². The van der Waals surface area contributed by atoms with Crippen LogP contribution in [0.15, 0.2) is 29.8 Å². The van der Waals surface area contributed by atoms with E-state index in [-0.39, 0.29) is 5.03 Å². The summed E-state index contributed by atoms with van der Waals surface area (Å²) in [6, 6.07) is 1.77. The number of anilines is 1. The molecule has 0 aliphatic carbocycles. The highest BCUT2D eigenvalue weighted by Crippen LogP contribution is 2.21. The van der Waals surface area contributed by atoms with Gasteiger partial charge in [-0.2, -0.15) is 8.42 Å².